The maximum absolute atomic E-state index is 11.0. The van der Waals surface area contributed by atoms with E-state index in [1.807, 2.05) is 0 Å². The number of rotatable bonds is 1. The molecule has 0 aromatic carbocycles. The van der Waals surface area contributed by atoms with Gasteiger partial charge < -0.3 is 0 Å². The van der Waals surface area contributed by atoms with Crippen LogP contribution in [-0.4, -0.2) is 20.5 Å². The zero-order valence-corrected chi connectivity index (χ0v) is 2.99. The van der Waals surface area contributed by atoms with Crippen LogP contribution in [0.25, 0.3) is 0 Å². The summed E-state index contributed by atoms with van der Waals surface area (Å²) in [6, 6.07) is 0. The van der Waals surface area contributed by atoms with Gasteiger partial charge in [0.25, 0.3) is 0 Å². The van der Waals surface area contributed by atoms with E-state index < -0.39 is 5.90 Å². The Morgan fingerprint density at radius 3 is 2.20 bits per heavy atom. The maximum atomic E-state index is 11.0. The van der Waals surface area contributed by atoms with Crippen molar-refractivity contribution in [1.29, 1.82) is 0 Å². The van der Waals surface area contributed by atoms with Crippen LogP contribution in [0.5, 0.6) is 0 Å². The molecule has 0 atom stereocenters. The molecule has 0 rings (SSSR count). The van der Waals surface area contributed by atoms with E-state index in [0.717, 1.165) is 0 Å². The van der Waals surface area contributed by atoms with Gasteiger partial charge in [0.05, 0.1) is 0 Å². The summed E-state index contributed by atoms with van der Waals surface area (Å²) >= 11 is 0. The Balaban J connectivity index is 2.85. The first-order chi connectivity index (χ1) is 2.27. The fourth-order valence-corrected chi connectivity index (χ4v) is 0. The van der Waals surface area contributed by atoms with Crippen molar-refractivity contribution in [3.8, 4) is 0 Å². The number of halogens is 1. The van der Waals surface area contributed by atoms with Gasteiger partial charge >= 0.3 is 29.6 Å². The van der Waals surface area contributed by atoms with Crippen molar-refractivity contribution in [1.82, 2.24) is 0 Å². The molecule has 0 aromatic rings. The summed E-state index contributed by atoms with van der Waals surface area (Å²) in [5.41, 5.74) is 0. The molecule has 5 heavy (non-hydrogen) atoms. The first-order valence-corrected chi connectivity index (χ1v) is 1.15. The normalized spacial score (nSPS) is 6.60. The first-order valence-electron chi connectivity index (χ1n) is 1.15. The predicted molar refractivity (Wildman–Crippen MR) is 20.3 cm³/mol. The third-order valence-electron chi connectivity index (χ3n) is 0.221. The molecule has 0 bridgehead atoms. The summed E-state index contributed by atoms with van der Waals surface area (Å²) in [6.45, 7) is 0. The molecule has 0 fully saturated rings. The molecule has 0 aromatic heterocycles. The van der Waals surface area contributed by atoms with Crippen LogP contribution in [0.3, 0.4) is 0 Å². The van der Waals surface area contributed by atoms with Gasteiger partial charge in [-0.15, -0.1) is 0 Å². The van der Waals surface area contributed by atoms with Crippen LogP contribution >= 0.6 is 0 Å². The second-order valence-electron chi connectivity index (χ2n) is 0.559. The van der Waals surface area contributed by atoms with Crippen LogP contribution in [-0.2, 0) is 4.74 Å². The van der Waals surface area contributed by atoms with Crippen molar-refractivity contribution in [2.75, 3.05) is 7.11 Å². The quantitative estimate of drug-likeness (QED) is 0.384. The summed E-state index contributed by atoms with van der Waals surface area (Å²) in [5.74, 6) is -0.745. The van der Waals surface area contributed by atoms with E-state index in [9.17, 15) is 4.39 Å². The van der Waals surface area contributed by atoms with Crippen LogP contribution in [0.1, 0.15) is 0 Å². The molecule has 0 spiro atoms. The zero-order chi connectivity index (χ0) is 4.28. The average molecular weight is 73.9 g/mol. The van der Waals surface area contributed by atoms with E-state index in [1.54, 1.807) is 0 Å². The van der Waals surface area contributed by atoms with Crippen molar-refractivity contribution in [3.05, 3.63) is 0 Å². The van der Waals surface area contributed by atoms with Gasteiger partial charge in [-0.05, 0) is 0 Å². The Morgan fingerprint density at radius 2 is 2.20 bits per heavy atom. The Labute approximate surface area is 30.8 Å². The van der Waals surface area contributed by atoms with E-state index in [4.69, 9.17) is 0 Å². The predicted octanol–water partition coefficient (Wildman–Crippen LogP) is -0.409. The van der Waals surface area contributed by atoms with Crippen molar-refractivity contribution >= 4 is 13.4 Å². The second kappa shape index (κ2) is 1.94. The van der Waals surface area contributed by atoms with Crippen LogP contribution < -0.4 is 0 Å². The standard InChI is InChI=1S/C2H4BFO/c1-5-2(3)4/h3H,1H3. The second-order valence-corrected chi connectivity index (χ2v) is 0.559. The summed E-state index contributed by atoms with van der Waals surface area (Å²) in [4.78, 5) is 0. The Hall–Kier alpha value is -0.335. The molecule has 0 saturated carbocycles. The van der Waals surface area contributed by atoms with Gasteiger partial charge in [-0.3, -0.25) is 0 Å². The molecule has 0 aliphatic rings. The van der Waals surface area contributed by atoms with E-state index in [1.165, 1.54) is 7.11 Å². The average Bonchev–Trinajstić information content (AvgIpc) is 1.38. The number of hydrogen-bond donors (Lipinski definition) is 0. The Kier molecular flexibility index (Phi) is 1.81. The molecule has 0 unspecified atom stereocenters. The molecule has 0 radical (unpaired) electrons. The van der Waals surface area contributed by atoms with Gasteiger partial charge in [0.2, 0.25) is 0 Å². The molecule has 0 saturated heterocycles. The molecule has 0 aliphatic carbocycles. The number of hydrogen-bond acceptors (Lipinski definition) is 1. The third kappa shape index (κ3) is 3.66. The van der Waals surface area contributed by atoms with Gasteiger partial charge in [0.15, 0.2) is 0 Å². The third-order valence-corrected chi connectivity index (χ3v) is 0.221. The summed E-state index contributed by atoms with van der Waals surface area (Å²) in [5, 5.41) is 0. The molecule has 1 nitrogen and oxygen atoms in total. The topological polar surface area (TPSA) is 9.23 Å². The fraction of sp³-hybridized carbons (Fsp3) is 0.500. The molecule has 0 N–H and O–H groups in total. The Morgan fingerprint density at radius 1 is 2.00 bits per heavy atom. The minimum absolute atomic E-state index is 0.745. The van der Waals surface area contributed by atoms with Crippen molar-refractivity contribution in [2.24, 2.45) is 0 Å². The molecule has 0 aliphatic heterocycles. The monoisotopic (exact) mass is 74.0 g/mol. The van der Waals surface area contributed by atoms with Crippen LogP contribution in [0.15, 0.2) is 0 Å². The van der Waals surface area contributed by atoms with Crippen LogP contribution in [0.4, 0.5) is 4.39 Å². The van der Waals surface area contributed by atoms with Crippen molar-refractivity contribution in [3.63, 3.8) is 0 Å². The molecule has 0 amide bonds. The fourth-order valence-electron chi connectivity index (χ4n) is 0. The van der Waals surface area contributed by atoms with Gasteiger partial charge in [-0.2, -0.15) is 0 Å². The Bertz CT molecular complexity index is 44.9. The number of methoxy groups -OCH3 is 1. The minimum atomic E-state index is -0.745. The van der Waals surface area contributed by atoms with Gasteiger partial charge in [0.1, 0.15) is 0 Å². The van der Waals surface area contributed by atoms with Gasteiger partial charge in [-0.25, -0.2) is 0 Å². The van der Waals surface area contributed by atoms with Gasteiger partial charge in [-0.1, -0.05) is 0 Å². The number of ether oxygens (including phenoxy) is 1. The molecule has 28 valence electrons. The first kappa shape index (κ1) is 4.66. The van der Waals surface area contributed by atoms with Crippen molar-refractivity contribution in [2.45, 2.75) is 0 Å². The van der Waals surface area contributed by atoms with Crippen LogP contribution in [0.2, 0.25) is 0 Å². The molecular weight excluding hydrogens is 69.8 g/mol. The van der Waals surface area contributed by atoms with Crippen molar-refractivity contribution < 1.29 is 9.13 Å². The summed E-state index contributed by atoms with van der Waals surface area (Å²) in [6.07, 6.45) is 0. The van der Waals surface area contributed by atoms with E-state index in [0.29, 0.717) is 0 Å². The van der Waals surface area contributed by atoms with Gasteiger partial charge in [0, 0.05) is 0 Å². The zero-order valence-electron chi connectivity index (χ0n) is 2.99. The SMILES string of the molecule is B=C(F)OC. The summed E-state index contributed by atoms with van der Waals surface area (Å²) in [7, 11) is 4.01. The van der Waals surface area contributed by atoms with E-state index in [2.05, 4.69) is 12.2 Å². The van der Waals surface area contributed by atoms with Crippen LogP contribution in [0, 0.1) is 0 Å². The summed E-state index contributed by atoms with van der Waals surface area (Å²) < 4.78 is 14.9. The molecule has 3 heteroatoms. The molecule has 0 heterocycles. The van der Waals surface area contributed by atoms with E-state index in [-0.39, 0.29) is 0 Å². The molecular formula is C2H4BFO. The van der Waals surface area contributed by atoms with E-state index >= 15 is 0 Å².